The van der Waals surface area contributed by atoms with Gasteiger partial charge in [0.1, 0.15) is 0 Å². The lowest BCUT2D eigenvalue weighted by Crippen LogP contribution is -2.03. The second kappa shape index (κ2) is 2.72. The van der Waals surface area contributed by atoms with Crippen LogP contribution in [0.2, 0.25) is 0 Å². The third-order valence-corrected chi connectivity index (χ3v) is 1.73. The average molecular weight is 124 g/mol. The lowest BCUT2D eigenvalue weighted by Gasteiger charge is -2.13. The standard InChI is InChI=1S/C8H12O/c1-2-7-5-3-4-6-8(7)9/h3-4,6-7,9H,2,5H2,1H3. The molecule has 0 spiro atoms. The van der Waals surface area contributed by atoms with Crippen LogP contribution in [-0.2, 0) is 0 Å². The van der Waals surface area contributed by atoms with Gasteiger partial charge in [0.15, 0.2) is 0 Å². The molecule has 1 aliphatic carbocycles. The summed E-state index contributed by atoms with van der Waals surface area (Å²) in [4.78, 5) is 0. The fourth-order valence-electron chi connectivity index (χ4n) is 1.04. The summed E-state index contributed by atoms with van der Waals surface area (Å²) in [6, 6.07) is 0. The zero-order valence-corrected chi connectivity index (χ0v) is 5.67. The first kappa shape index (κ1) is 6.40. The predicted molar refractivity (Wildman–Crippen MR) is 38.2 cm³/mol. The van der Waals surface area contributed by atoms with Crippen molar-refractivity contribution in [3.8, 4) is 0 Å². The smallest absolute Gasteiger partial charge is 0.0956 e. The van der Waals surface area contributed by atoms with E-state index in [9.17, 15) is 5.11 Å². The summed E-state index contributed by atoms with van der Waals surface area (Å²) in [5.41, 5.74) is 0. The van der Waals surface area contributed by atoms with E-state index >= 15 is 0 Å². The van der Waals surface area contributed by atoms with Gasteiger partial charge in [-0.2, -0.15) is 0 Å². The second-order valence-corrected chi connectivity index (χ2v) is 2.36. The molecule has 0 heterocycles. The molecule has 0 bridgehead atoms. The van der Waals surface area contributed by atoms with Gasteiger partial charge in [0.25, 0.3) is 0 Å². The Kier molecular flexibility index (Phi) is 1.93. The molecule has 50 valence electrons. The van der Waals surface area contributed by atoms with Crippen molar-refractivity contribution in [3.63, 3.8) is 0 Å². The molecule has 0 saturated carbocycles. The molecule has 0 aromatic heterocycles. The van der Waals surface area contributed by atoms with Gasteiger partial charge in [-0.05, 0) is 18.9 Å². The van der Waals surface area contributed by atoms with Crippen molar-refractivity contribution in [1.29, 1.82) is 0 Å². The lowest BCUT2D eigenvalue weighted by atomic mass is 9.96. The Bertz CT molecular complexity index is 145. The van der Waals surface area contributed by atoms with E-state index in [1.54, 1.807) is 6.08 Å². The van der Waals surface area contributed by atoms with E-state index in [-0.39, 0.29) is 0 Å². The highest BCUT2D eigenvalue weighted by molar-refractivity contribution is 5.15. The highest BCUT2D eigenvalue weighted by atomic mass is 16.3. The van der Waals surface area contributed by atoms with E-state index in [0.29, 0.717) is 11.7 Å². The highest BCUT2D eigenvalue weighted by Crippen LogP contribution is 2.20. The number of aliphatic hydroxyl groups is 1. The van der Waals surface area contributed by atoms with Crippen LogP contribution in [0.25, 0.3) is 0 Å². The van der Waals surface area contributed by atoms with Gasteiger partial charge in [0.05, 0.1) is 5.76 Å². The van der Waals surface area contributed by atoms with Crippen molar-refractivity contribution in [3.05, 3.63) is 24.0 Å². The first-order valence-corrected chi connectivity index (χ1v) is 3.40. The molecule has 0 aliphatic heterocycles. The van der Waals surface area contributed by atoms with Crippen LogP contribution in [0, 0.1) is 5.92 Å². The summed E-state index contributed by atoms with van der Waals surface area (Å²) in [6.07, 6.45) is 7.80. The topological polar surface area (TPSA) is 20.2 Å². The molecule has 0 saturated heterocycles. The van der Waals surface area contributed by atoms with Crippen molar-refractivity contribution in [2.45, 2.75) is 19.8 Å². The number of aliphatic hydroxyl groups excluding tert-OH is 1. The van der Waals surface area contributed by atoms with Crippen molar-refractivity contribution in [1.82, 2.24) is 0 Å². The number of hydrogen-bond donors (Lipinski definition) is 1. The molecule has 9 heavy (non-hydrogen) atoms. The highest BCUT2D eigenvalue weighted by Gasteiger charge is 2.10. The Morgan fingerprint density at radius 3 is 3.00 bits per heavy atom. The molecule has 1 nitrogen and oxygen atoms in total. The van der Waals surface area contributed by atoms with Gasteiger partial charge in [0, 0.05) is 5.92 Å². The van der Waals surface area contributed by atoms with Crippen LogP contribution in [0.15, 0.2) is 24.0 Å². The monoisotopic (exact) mass is 124 g/mol. The Morgan fingerprint density at radius 1 is 1.78 bits per heavy atom. The summed E-state index contributed by atoms with van der Waals surface area (Å²) in [5.74, 6) is 0.926. The van der Waals surface area contributed by atoms with E-state index in [4.69, 9.17) is 0 Å². The molecular weight excluding hydrogens is 112 g/mol. The molecule has 0 aromatic carbocycles. The minimum Gasteiger partial charge on any atom is -0.512 e. The molecule has 1 aliphatic rings. The summed E-state index contributed by atoms with van der Waals surface area (Å²) in [7, 11) is 0. The van der Waals surface area contributed by atoms with Crippen LogP contribution in [0.1, 0.15) is 19.8 Å². The largest absolute Gasteiger partial charge is 0.512 e. The number of rotatable bonds is 1. The minimum atomic E-state index is 0.384. The Labute approximate surface area is 55.7 Å². The Hall–Kier alpha value is -0.720. The van der Waals surface area contributed by atoms with E-state index in [1.807, 2.05) is 6.08 Å². The van der Waals surface area contributed by atoms with Crippen molar-refractivity contribution < 1.29 is 5.11 Å². The quantitative estimate of drug-likeness (QED) is 0.569. The van der Waals surface area contributed by atoms with Gasteiger partial charge in [0.2, 0.25) is 0 Å². The zero-order chi connectivity index (χ0) is 6.69. The first-order chi connectivity index (χ1) is 4.34. The molecular formula is C8H12O. The van der Waals surface area contributed by atoms with Crippen molar-refractivity contribution in [2.75, 3.05) is 0 Å². The lowest BCUT2D eigenvalue weighted by molar-refractivity contribution is 0.322. The van der Waals surface area contributed by atoms with Gasteiger partial charge in [-0.25, -0.2) is 0 Å². The third-order valence-electron chi connectivity index (χ3n) is 1.73. The van der Waals surface area contributed by atoms with Crippen LogP contribution >= 0.6 is 0 Å². The maximum absolute atomic E-state index is 9.18. The van der Waals surface area contributed by atoms with Gasteiger partial charge in [-0.1, -0.05) is 19.1 Å². The summed E-state index contributed by atoms with van der Waals surface area (Å²) >= 11 is 0. The summed E-state index contributed by atoms with van der Waals surface area (Å²) in [6.45, 7) is 2.09. The van der Waals surface area contributed by atoms with Crippen LogP contribution in [0.4, 0.5) is 0 Å². The van der Waals surface area contributed by atoms with Crippen molar-refractivity contribution >= 4 is 0 Å². The molecule has 0 radical (unpaired) electrons. The maximum Gasteiger partial charge on any atom is 0.0956 e. The number of allylic oxidation sites excluding steroid dienone is 4. The van der Waals surface area contributed by atoms with Crippen LogP contribution in [0.3, 0.4) is 0 Å². The second-order valence-electron chi connectivity index (χ2n) is 2.36. The Morgan fingerprint density at radius 2 is 2.56 bits per heavy atom. The SMILES string of the molecule is CCC1CC=CC=C1O. The van der Waals surface area contributed by atoms with Gasteiger partial charge in [-0.3, -0.25) is 0 Å². The van der Waals surface area contributed by atoms with E-state index in [1.165, 1.54) is 0 Å². The number of hydrogen-bond acceptors (Lipinski definition) is 1. The average Bonchev–Trinajstić information content (AvgIpc) is 1.89. The Balaban J connectivity index is 2.59. The fraction of sp³-hybridized carbons (Fsp3) is 0.500. The zero-order valence-electron chi connectivity index (χ0n) is 5.67. The first-order valence-electron chi connectivity index (χ1n) is 3.40. The predicted octanol–water partition coefficient (Wildman–Crippen LogP) is 2.41. The summed E-state index contributed by atoms with van der Waals surface area (Å²) in [5, 5.41) is 9.18. The molecule has 1 heteroatoms. The van der Waals surface area contributed by atoms with Crippen LogP contribution in [0.5, 0.6) is 0 Å². The maximum atomic E-state index is 9.18. The third kappa shape index (κ3) is 1.35. The molecule has 0 amide bonds. The van der Waals surface area contributed by atoms with Crippen LogP contribution < -0.4 is 0 Å². The molecule has 1 rings (SSSR count). The van der Waals surface area contributed by atoms with Crippen molar-refractivity contribution in [2.24, 2.45) is 5.92 Å². The molecule has 1 atom stereocenters. The van der Waals surface area contributed by atoms with Gasteiger partial charge >= 0.3 is 0 Å². The summed E-state index contributed by atoms with van der Waals surface area (Å²) < 4.78 is 0. The molecule has 1 N–H and O–H groups in total. The molecule has 1 unspecified atom stereocenters. The van der Waals surface area contributed by atoms with E-state index in [0.717, 1.165) is 12.8 Å². The molecule has 0 aromatic rings. The fourth-order valence-corrected chi connectivity index (χ4v) is 1.04. The van der Waals surface area contributed by atoms with Gasteiger partial charge < -0.3 is 5.11 Å². The van der Waals surface area contributed by atoms with E-state index < -0.39 is 0 Å². The van der Waals surface area contributed by atoms with Crippen LogP contribution in [-0.4, -0.2) is 5.11 Å². The van der Waals surface area contributed by atoms with E-state index in [2.05, 4.69) is 13.0 Å². The van der Waals surface area contributed by atoms with Gasteiger partial charge in [-0.15, -0.1) is 0 Å². The molecule has 0 fully saturated rings. The minimum absolute atomic E-state index is 0.384. The normalized spacial score (nSPS) is 25.9.